The maximum absolute atomic E-state index is 13.7. The molecule has 2 amide bonds. The van der Waals surface area contributed by atoms with Crippen LogP contribution in [0.15, 0.2) is 78.9 Å². The third-order valence-electron chi connectivity index (χ3n) is 6.80. The van der Waals surface area contributed by atoms with Gasteiger partial charge in [0.15, 0.2) is 0 Å². The normalized spacial score (nSPS) is 14.4. The first-order valence-electron chi connectivity index (χ1n) is 12.6. The molecule has 0 heterocycles. The molecular weight excluding hydrogens is 491 g/mol. The summed E-state index contributed by atoms with van der Waals surface area (Å²) in [4.78, 5) is 29.1. The van der Waals surface area contributed by atoms with Gasteiger partial charge in [0.05, 0.1) is 0 Å². The van der Waals surface area contributed by atoms with E-state index in [-0.39, 0.29) is 24.4 Å². The number of amides is 2. The quantitative estimate of drug-likeness (QED) is 0.325. The Morgan fingerprint density at radius 1 is 0.889 bits per heavy atom. The van der Waals surface area contributed by atoms with E-state index in [4.69, 9.17) is 23.2 Å². The van der Waals surface area contributed by atoms with Gasteiger partial charge in [0, 0.05) is 35.5 Å². The average molecular weight is 524 g/mol. The van der Waals surface area contributed by atoms with Crippen molar-refractivity contribution in [1.82, 2.24) is 10.2 Å². The van der Waals surface area contributed by atoms with Crippen molar-refractivity contribution in [3.05, 3.63) is 106 Å². The summed E-state index contributed by atoms with van der Waals surface area (Å²) in [5.41, 5.74) is 2.86. The van der Waals surface area contributed by atoms with Gasteiger partial charge in [-0.2, -0.15) is 0 Å². The third kappa shape index (κ3) is 7.35. The third-order valence-corrected chi connectivity index (χ3v) is 7.39. The van der Waals surface area contributed by atoms with Gasteiger partial charge >= 0.3 is 0 Å². The number of carbonyl (C=O) groups excluding carboxylic acids is 2. The molecule has 36 heavy (non-hydrogen) atoms. The molecule has 3 aromatic rings. The second kappa shape index (κ2) is 12.9. The van der Waals surface area contributed by atoms with Gasteiger partial charge in [0.1, 0.15) is 6.04 Å². The van der Waals surface area contributed by atoms with E-state index in [2.05, 4.69) is 5.32 Å². The highest BCUT2D eigenvalue weighted by Crippen LogP contribution is 2.25. The molecule has 0 saturated heterocycles. The Kier molecular flexibility index (Phi) is 9.43. The minimum absolute atomic E-state index is 0.0765. The highest BCUT2D eigenvalue weighted by Gasteiger charge is 2.32. The fourth-order valence-electron chi connectivity index (χ4n) is 4.79. The van der Waals surface area contributed by atoms with Crippen molar-refractivity contribution in [3.63, 3.8) is 0 Å². The maximum atomic E-state index is 13.7. The first kappa shape index (κ1) is 26.2. The zero-order chi connectivity index (χ0) is 25.3. The predicted octanol–water partition coefficient (Wildman–Crippen LogP) is 6.62. The zero-order valence-corrected chi connectivity index (χ0v) is 21.8. The number of halogens is 2. The second-order valence-corrected chi connectivity index (χ2v) is 10.3. The molecule has 4 rings (SSSR count). The molecule has 1 N–H and O–H groups in total. The monoisotopic (exact) mass is 522 g/mol. The predicted molar refractivity (Wildman–Crippen MR) is 146 cm³/mol. The number of hydrogen-bond donors (Lipinski definition) is 1. The van der Waals surface area contributed by atoms with Crippen LogP contribution in [0.25, 0.3) is 0 Å². The van der Waals surface area contributed by atoms with Crippen LogP contribution in [-0.2, 0) is 29.0 Å². The van der Waals surface area contributed by atoms with E-state index < -0.39 is 6.04 Å². The number of benzene rings is 3. The topological polar surface area (TPSA) is 49.4 Å². The molecule has 0 bridgehead atoms. The minimum Gasteiger partial charge on any atom is -0.352 e. The molecule has 6 heteroatoms. The van der Waals surface area contributed by atoms with Crippen molar-refractivity contribution < 1.29 is 9.59 Å². The average Bonchev–Trinajstić information content (AvgIpc) is 3.40. The summed E-state index contributed by atoms with van der Waals surface area (Å²) in [5.74, 6) is -0.184. The number of nitrogens with zero attached hydrogens (tertiary/aromatic N) is 1. The van der Waals surface area contributed by atoms with Crippen LogP contribution < -0.4 is 5.32 Å². The van der Waals surface area contributed by atoms with Crippen molar-refractivity contribution in [1.29, 1.82) is 0 Å². The van der Waals surface area contributed by atoms with E-state index in [1.54, 1.807) is 17.0 Å². The van der Waals surface area contributed by atoms with Crippen LogP contribution in [0.5, 0.6) is 0 Å². The van der Waals surface area contributed by atoms with E-state index in [1.807, 2.05) is 66.7 Å². The molecule has 1 fully saturated rings. The smallest absolute Gasteiger partial charge is 0.243 e. The second-order valence-electron chi connectivity index (χ2n) is 9.44. The van der Waals surface area contributed by atoms with Gasteiger partial charge in [-0.15, -0.1) is 0 Å². The number of rotatable bonds is 10. The largest absolute Gasteiger partial charge is 0.352 e. The zero-order valence-electron chi connectivity index (χ0n) is 20.3. The number of nitrogens with one attached hydrogen (secondary N) is 1. The number of carbonyl (C=O) groups is 2. The van der Waals surface area contributed by atoms with E-state index in [1.165, 1.54) is 0 Å². The van der Waals surface area contributed by atoms with E-state index in [9.17, 15) is 9.59 Å². The van der Waals surface area contributed by atoms with Crippen molar-refractivity contribution in [2.75, 3.05) is 0 Å². The van der Waals surface area contributed by atoms with E-state index in [0.29, 0.717) is 29.3 Å². The standard InChI is InChI=1S/C30H32Cl2N2O2/c31-25-17-16-24(27(32)20-25)21-34(29(35)18-15-22-9-3-1-4-10-22)28(19-23-11-5-2-6-12-23)30(36)33-26-13-7-8-14-26/h1-6,9-12,16-17,20,26,28H,7-8,13-15,18-19,21H2,(H,33,36). The number of aryl methyl sites for hydroxylation is 1. The van der Waals surface area contributed by atoms with Gasteiger partial charge in [0.2, 0.25) is 11.8 Å². The molecule has 1 atom stereocenters. The lowest BCUT2D eigenvalue weighted by atomic mass is 10.0. The molecule has 3 aromatic carbocycles. The molecule has 4 nitrogen and oxygen atoms in total. The molecule has 1 aliphatic carbocycles. The van der Waals surface area contributed by atoms with E-state index in [0.717, 1.165) is 42.4 Å². The summed E-state index contributed by atoms with van der Waals surface area (Å²) in [6.45, 7) is 0.235. The van der Waals surface area contributed by atoms with Gasteiger partial charge in [0.25, 0.3) is 0 Å². The van der Waals surface area contributed by atoms with E-state index >= 15 is 0 Å². The summed E-state index contributed by atoms with van der Waals surface area (Å²) in [6.07, 6.45) is 5.54. The van der Waals surface area contributed by atoms with Crippen LogP contribution in [0.2, 0.25) is 10.0 Å². The molecule has 188 valence electrons. The van der Waals surface area contributed by atoms with Crippen LogP contribution in [0.1, 0.15) is 48.8 Å². The Labute approximate surface area is 223 Å². The van der Waals surface area contributed by atoms with Gasteiger partial charge < -0.3 is 10.2 Å². The number of hydrogen-bond acceptors (Lipinski definition) is 2. The molecule has 0 radical (unpaired) electrons. The van der Waals surface area contributed by atoms with Crippen LogP contribution in [0.4, 0.5) is 0 Å². The highest BCUT2D eigenvalue weighted by molar-refractivity contribution is 6.35. The molecule has 1 unspecified atom stereocenters. The summed E-state index contributed by atoms with van der Waals surface area (Å²) in [6, 6.07) is 24.6. The van der Waals surface area contributed by atoms with Crippen LogP contribution in [0.3, 0.4) is 0 Å². The lowest BCUT2D eigenvalue weighted by Crippen LogP contribution is -2.52. The van der Waals surface area contributed by atoms with Crippen molar-refractivity contribution in [3.8, 4) is 0 Å². The Balaban J connectivity index is 1.63. The highest BCUT2D eigenvalue weighted by atomic mass is 35.5. The Morgan fingerprint density at radius 3 is 2.17 bits per heavy atom. The van der Waals surface area contributed by atoms with Crippen LogP contribution in [0, 0.1) is 0 Å². The fraction of sp³-hybridized carbons (Fsp3) is 0.333. The SMILES string of the molecule is O=C(NC1CCCC1)C(Cc1ccccc1)N(Cc1ccc(Cl)cc1Cl)C(=O)CCc1ccccc1. The van der Waals surface area contributed by atoms with Gasteiger partial charge in [-0.05, 0) is 48.1 Å². The molecular formula is C30H32Cl2N2O2. The molecule has 0 aliphatic heterocycles. The minimum atomic E-state index is -0.650. The van der Waals surface area contributed by atoms with Gasteiger partial charge in [-0.25, -0.2) is 0 Å². The van der Waals surface area contributed by atoms with Crippen LogP contribution >= 0.6 is 23.2 Å². The lowest BCUT2D eigenvalue weighted by molar-refractivity contribution is -0.141. The molecule has 0 aromatic heterocycles. The first-order chi connectivity index (χ1) is 17.5. The fourth-order valence-corrected chi connectivity index (χ4v) is 5.26. The summed E-state index contributed by atoms with van der Waals surface area (Å²) < 4.78 is 0. The first-order valence-corrected chi connectivity index (χ1v) is 13.4. The van der Waals surface area contributed by atoms with Crippen LogP contribution in [-0.4, -0.2) is 28.8 Å². The van der Waals surface area contributed by atoms with Crippen molar-refractivity contribution in [2.24, 2.45) is 0 Å². The Hall–Kier alpha value is -2.82. The van der Waals surface area contributed by atoms with Crippen molar-refractivity contribution >= 4 is 35.0 Å². The van der Waals surface area contributed by atoms with Crippen molar-refractivity contribution in [2.45, 2.75) is 63.6 Å². The maximum Gasteiger partial charge on any atom is 0.243 e. The van der Waals surface area contributed by atoms with Gasteiger partial charge in [-0.1, -0.05) is 103 Å². The summed E-state index contributed by atoms with van der Waals surface area (Å²) in [7, 11) is 0. The molecule has 0 spiro atoms. The Bertz CT molecular complexity index is 1150. The summed E-state index contributed by atoms with van der Waals surface area (Å²) >= 11 is 12.6. The lowest BCUT2D eigenvalue weighted by Gasteiger charge is -2.32. The Morgan fingerprint density at radius 2 is 1.53 bits per heavy atom. The molecule has 1 aliphatic rings. The summed E-state index contributed by atoms with van der Waals surface area (Å²) in [5, 5.41) is 4.25. The van der Waals surface area contributed by atoms with Gasteiger partial charge in [-0.3, -0.25) is 9.59 Å². The molecule has 1 saturated carbocycles.